The molecule has 8 nitrogen and oxygen atoms in total. The van der Waals surface area contributed by atoms with Crippen molar-refractivity contribution in [2.45, 2.75) is 39.0 Å². The van der Waals surface area contributed by atoms with E-state index in [1.807, 2.05) is 25.8 Å². The lowest BCUT2D eigenvalue weighted by molar-refractivity contribution is -0.138. The Hall–Kier alpha value is -3.80. The highest BCUT2D eigenvalue weighted by Gasteiger charge is 2.36. The predicted octanol–water partition coefficient (Wildman–Crippen LogP) is 4.08. The molecule has 2 aromatic heterocycles. The minimum absolute atomic E-state index is 0.0955. The molecule has 4 rings (SSSR count). The van der Waals surface area contributed by atoms with E-state index in [0.717, 1.165) is 6.20 Å². The third-order valence-electron chi connectivity index (χ3n) is 6.60. The molecule has 1 fully saturated rings. The number of nitrogens with zero attached hydrogens (tertiary/aromatic N) is 4. The van der Waals surface area contributed by atoms with Crippen molar-refractivity contribution < 1.29 is 22.4 Å². The minimum Gasteiger partial charge on any atom is -0.367 e. The number of pyridine rings is 1. The quantitative estimate of drug-likeness (QED) is 0.506. The van der Waals surface area contributed by atoms with Gasteiger partial charge >= 0.3 is 6.18 Å². The van der Waals surface area contributed by atoms with Gasteiger partial charge in [0.05, 0.1) is 34.4 Å². The second-order valence-corrected chi connectivity index (χ2v) is 9.28. The van der Waals surface area contributed by atoms with Crippen LogP contribution in [0.2, 0.25) is 0 Å². The van der Waals surface area contributed by atoms with Gasteiger partial charge in [-0.25, -0.2) is 4.39 Å². The fourth-order valence-electron chi connectivity index (χ4n) is 4.45. The summed E-state index contributed by atoms with van der Waals surface area (Å²) < 4.78 is 56.2. The van der Waals surface area contributed by atoms with E-state index < -0.39 is 34.6 Å². The lowest BCUT2D eigenvalue weighted by Gasteiger charge is -2.44. The highest BCUT2D eigenvalue weighted by molar-refractivity contribution is 6.07. The summed E-state index contributed by atoms with van der Waals surface area (Å²) in [4.78, 5) is 30.8. The van der Waals surface area contributed by atoms with Crippen LogP contribution >= 0.6 is 0 Å². The first kappa shape index (κ1) is 26.3. The zero-order chi connectivity index (χ0) is 27.1. The minimum atomic E-state index is -4.93. The van der Waals surface area contributed by atoms with Crippen LogP contribution in [0.25, 0.3) is 11.1 Å². The second-order valence-electron chi connectivity index (χ2n) is 9.28. The van der Waals surface area contributed by atoms with Crippen LogP contribution in [0.4, 0.5) is 28.9 Å². The van der Waals surface area contributed by atoms with Crippen LogP contribution < -0.4 is 15.8 Å². The highest BCUT2D eigenvalue weighted by Crippen LogP contribution is 2.37. The zero-order valence-corrected chi connectivity index (χ0v) is 20.7. The molecular formula is C25H26F4N6O2. The summed E-state index contributed by atoms with van der Waals surface area (Å²) in [7, 11) is 1.98. The number of aryl methyl sites for hydroxylation is 1. The van der Waals surface area contributed by atoms with Gasteiger partial charge in [0, 0.05) is 48.6 Å². The molecule has 1 aliphatic heterocycles. The van der Waals surface area contributed by atoms with E-state index in [1.54, 1.807) is 13.0 Å². The zero-order valence-electron chi connectivity index (χ0n) is 20.7. The number of halogens is 4. The molecule has 1 amide bonds. The number of anilines is 2. The maximum atomic E-state index is 15.4. The number of carbonyl (C=O) groups excluding carboxylic acids is 1. The lowest BCUT2D eigenvalue weighted by Crippen LogP contribution is -2.55. The Morgan fingerprint density at radius 2 is 1.81 bits per heavy atom. The van der Waals surface area contributed by atoms with Crippen molar-refractivity contribution in [3.05, 3.63) is 69.7 Å². The third kappa shape index (κ3) is 5.48. The van der Waals surface area contributed by atoms with Gasteiger partial charge in [0.15, 0.2) is 0 Å². The molecule has 1 aliphatic rings. The summed E-state index contributed by atoms with van der Waals surface area (Å²) >= 11 is 0. The molecule has 37 heavy (non-hydrogen) atoms. The van der Waals surface area contributed by atoms with Crippen LogP contribution in [-0.4, -0.2) is 58.2 Å². The molecule has 3 aromatic rings. The van der Waals surface area contributed by atoms with E-state index >= 15 is 4.39 Å². The van der Waals surface area contributed by atoms with Gasteiger partial charge in [-0.05, 0) is 46.0 Å². The number of amides is 1. The Morgan fingerprint density at radius 1 is 1.14 bits per heavy atom. The van der Waals surface area contributed by atoms with Gasteiger partial charge in [-0.2, -0.15) is 23.4 Å². The highest BCUT2D eigenvalue weighted by atomic mass is 19.4. The normalized spacial score (nSPS) is 18.6. The van der Waals surface area contributed by atoms with Crippen molar-refractivity contribution in [1.82, 2.24) is 20.1 Å². The number of benzene rings is 1. The van der Waals surface area contributed by atoms with E-state index in [-0.39, 0.29) is 23.3 Å². The Labute approximate surface area is 210 Å². The molecule has 12 heteroatoms. The maximum absolute atomic E-state index is 15.4. The fraction of sp³-hybridized carbons (Fsp3) is 0.360. The molecule has 0 spiro atoms. The van der Waals surface area contributed by atoms with Crippen LogP contribution in [0.15, 0.2) is 41.5 Å². The topological polar surface area (TPSA) is 94.2 Å². The monoisotopic (exact) mass is 518 g/mol. The van der Waals surface area contributed by atoms with Crippen molar-refractivity contribution in [2.75, 3.05) is 30.4 Å². The number of H-pyrrole nitrogens is 1. The first-order valence-electron chi connectivity index (χ1n) is 11.6. The number of alkyl halides is 3. The van der Waals surface area contributed by atoms with E-state index in [1.165, 1.54) is 18.3 Å². The summed E-state index contributed by atoms with van der Waals surface area (Å²) in [6, 6.07) is 4.78. The molecule has 0 bridgehead atoms. The third-order valence-corrected chi connectivity index (χ3v) is 6.60. The second kappa shape index (κ2) is 9.92. The fourth-order valence-corrected chi connectivity index (χ4v) is 4.45. The Balaban J connectivity index is 1.82. The van der Waals surface area contributed by atoms with Crippen molar-refractivity contribution in [3.63, 3.8) is 0 Å². The Kier molecular flexibility index (Phi) is 7.05. The molecule has 2 atom stereocenters. The molecule has 1 aromatic carbocycles. The molecule has 0 unspecified atom stereocenters. The first-order chi connectivity index (χ1) is 17.3. The van der Waals surface area contributed by atoms with E-state index in [2.05, 4.69) is 25.4 Å². The molecular weight excluding hydrogens is 492 g/mol. The molecule has 0 radical (unpaired) electrons. The number of hydrogen-bond donors (Lipinski definition) is 2. The Bertz CT molecular complexity index is 1380. The molecule has 0 aliphatic carbocycles. The van der Waals surface area contributed by atoms with E-state index in [9.17, 15) is 22.8 Å². The van der Waals surface area contributed by atoms with Crippen LogP contribution in [0.5, 0.6) is 0 Å². The smallest absolute Gasteiger partial charge is 0.367 e. The number of nitrogens with one attached hydrogen (secondary N) is 2. The largest absolute Gasteiger partial charge is 0.417 e. The average molecular weight is 519 g/mol. The number of carbonyl (C=O) groups is 1. The SMILES string of the molecule is Cc1cc(-c2cc(NC(=O)c3c[nH]c(=O)cc3C(F)(F)F)c(N3C[C@@H](C)N(C)[C@@H](C)C3)cc2F)cnn1. The van der Waals surface area contributed by atoms with Gasteiger partial charge in [0.2, 0.25) is 5.56 Å². The maximum Gasteiger partial charge on any atom is 0.417 e. The molecule has 3 heterocycles. The van der Waals surface area contributed by atoms with Crippen molar-refractivity contribution in [1.29, 1.82) is 0 Å². The van der Waals surface area contributed by atoms with Crippen LogP contribution in [0.1, 0.15) is 35.5 Å². The van der Waals surface area contributed by atoms with E-state index in [0.29, 0.717) is 36.1 Å². The van der Waals surface area contributed by atoms with Gasteiger partial charge < -0.3 is 15.2 Å². The van der Waals surface area contributed by atoms with Crippen molar-refractivity contribution >= 4 is 17.3 Å². The number of aromatic nitrogens is 3. The summed E-state index contributed by atoms with van der Waals surface area (Å²) in [6.07, 6.45) is -2.85. The number of hydrogen-bond acceptors (Lipinski definition) is 6. The molecule has 1 saturated heterocycles. The lowest BCUT2D eigenvalue weighted by atomic mass is 10.0. The van der Waals surface area contributed by atoms with Crippen LogP contribution in [0.3, 0.4) is 0 Å². The van der Waals surface area contributed by atoms with Crippen LogP contribution in [0, 0.1) is 12.7 Å². The summed E-state index contributed by atoms with van der Waals surface area (Å²) in [5.41, 5.74) is -1.63. The number of likely N-dealkylation sites (N-methyl/N-ethyl adjacent to an activating group) is 1. The summed E-state index contributed by atoms with van der Waals surface area (Å²) in [5.74, 6) is -1.68. The summed E-state index contributed by atoms with van der Waals surface area (Å²) in [5, 5.41) is 10.2. The van der Waals surface area contributed by atoms with Gasteiger partial charge in [0.1, 0.15) is 5.82 Å². The molecule has 196 valence electrons. The summed E-state index contributed by atoms with van der Waals surface area (Å²) in [6.45, 7) is 6.71. The van der Waals surface area contributed by atoms with E-state index in [4.69, 9.17) is 0 Å². The van der Waals surface area contributed by atoms with Gasteiger partial charge in [-0.3, -0.25) is 14.5 Å². The number of aromatic amines is 1. The van der Waals surface area contributed by atoms with Gasteiger partial charge in [-0.1, -0.05) is 0 Å². The van der Waals surface area contributed by atoms with Gasteiger partial charge in [-0.15, -0.1) is 0 Å². The van der Waals surface area contributed by atoms with Crippen molar-refractivity contribution in [3.8, 4) is 11.1 Å². The molecule has 0 saturated carbocycles. The molecule has 2 N–H and O–H groups in total. The van der Waals surface area contributed by atoms with Gasteiger partial charge in [0.25, 0.3) is 5.91 Å². The number of rotatable bonds is 4. The standard InChI is InChI=1S/C25H26F4N6O2/c1-13-5-16(9-31-33-13)17-6-21(22(8-20(17)26)35-11-14(2)34(4)15(3)12-35)32-24(37)18-10-30-23(36)7-19(18)25(27,28)29/h5-10,14-15H,11-12H2,1-4H3,(H,30,36)(H,32,37)/t14-,15+. The Morgan fingerprint density at radius 3 is 2.43 bits per heavy atom. The number of piperazine rings is 1. The predicted molar refractivity (Wildman–Crippen MR) is 131 cm³/mol. The average Bonchev–Trinajstić information content (AvgIpc) is 2.82. The van der Waals surface area contributed by atoms with Crippen LogP contribution in [-0.2, 0) is 6.18 Å². The van der Waals surface area contributed by atoms with Crippen molar-refractivity contribution in [2.24, 2.45) is 0 Å². The first-order valence-corrected chi connectivity index (χ1v) is 11.6.